The van der Waals surface area contributed by atoms with Crippen LogP contribution < -0.4 is 10.6 Å². The fourth-order valence-corrected chi connectivity index (χ4v) is 5.34. The molecule has 1 amide bonds. The predicted molar refractivity (Wildman–Crippen MR) is 145 cm³/mol. The van der Waals surface area contributed by atoms with Gasteiger partial charge in [0.25, 0.3) is 5.91 Å². The molecule has 0 saturated carbocycles. The number of aromatic amines is 1. The number of nitrogens with one attached hydrogen (secondary N) is 3. The Morgan fingerprint density at radius 1 is 1.03 bits per heavy atom. The Balaban J connectivity index is 1.16. The molecule has 192 valence electrons. The number of benzene rings is 2. The molecule has 2 saturated heterocycles. The second-order valence-corrected chi connectivity index (χ2v) is 10.1. The molecule has 9 nitrogen and oxygen atoms in total. The predicted octanol–water partition coefficient (Wildman–Crippen LogP) is 4.54. The van der Waals surface area contributed by atoms with E-state index in [-0.39, 0.29) is 5.91 Å². The lowest BCUT2D eigenvalue weighted by molar-refractivity contribution is 0.0710. The number of anilines is 2. The second kappa shape index (κ2) is 10.4. The molecule has 2 aromatic heterocycles. The van der Waals surface area contributed by atoms with Crippen molar-refractivity contribution in [2.24, 2.45) is 0 Å². The van der Waals surface area contributed by atoms with Crippen molar-refractivity contribution in [3.8, 4) is 11.5 Å². The van der Waals surface area contributed by atoms with Crippen LogP contribution in [0, 0.1) is 0 Å². The molecule has 37 heavy (non-hydrogen) atoms. The molecule has 0 radical (unpaired) electrons. The smallest absolute Gasteiger partial charge is 0.256 e. The van der Waals surface area contributed by atoms with Crippen LogP contribution in [0.1, 0.15) is 42.1 Å². The minimum absolute atomic E-state index is 0.193. The summed E-state index contributed by atoms with van der Waals surface area (Å²) < 4.78 is 7.87. The van der Waals surface area contributed by atoms with Crippen molar-refractivity contribution in [3.05, 3.63) is 60.2 Å². The minimum atomic E-state index is -0.193. The van der Waals surface area contributed by atoms with E-state index in [1.165, 1.54) is 0 Å². The molecule has 6 rings (SSSR count). The Hall–Kier alpha value is -3.69. The average Bonchev–Trinajstić information content (AvgIpc) is 3.55. The van der Waals surface area contributed by atoms with Gasteiger partial charge in [-0.3, -0.25) is 9.89 Å². The quantitative estimate of drug-likeness (QED) is 0.360. The molecule has 4 heterocycles. The lowest BCUT2D eigenvalue weighted by atomic mass is 10.0. The number of hydrogen-bond donors (Lipinski definition) is 3. The van der Waals surface area contributed by atoms with E-state index in [2.05, 4.69) is 43.4 Å². The summed E-state index contributed by atoms with van der Waals surface area (Å²) in [6, 6.07) is 18.4. The van der Waals surface area contributed by atoms with E-state index in [4.69, 9.17) is 9.72 Å². The highest BCUT2D eigenvalue weighted by Gasteiger charge is 2.24. The van der Waals surface area contributed by atoms with E-state index in [0.717, 1.165) is 80.2 Å². The van der Waals surface area contributed by atoms with Crippen molar-refractivity contribution >= 4 is 28.4 Å². The van der Waals surface area contributed by atoms with Crippen LogP contribution in [0.5, 0.6) is 0 Å². The van der Waals surface area contributed by atoms with Gasteiger partial charge in [0.05, 0.1) is 11.0 Å². The first-order valence-electron chi connectivity index (χ1n) is 13.1. The van der Waals surface area contributed by atoms with Crippen LogP contribution in [-0.4, -0.2) is 69.9 Å². The van der Waals surface area contributed by atoms with Crippen molar-refractivity contribution in [1.82, 2.24) is 24.6 Å². The third kappa shape index (κ3) is 5.10. The number of fused-ring (bicyclic) bond motifs is 1. The van der Waals surface area contributed by atoms with Crippen LogP contribution in [0.15, 0.2) is 54.6 Å². The molecule has 0 bridgehead atoms. The number of hydrogen-bond acceptors (Lipinski definition) is 6. The van der Waals surface area contributed by atoms with Crippen LogP contribution in [0.4, 0.5) is 11.5 Å². The van der Waals surface area contributed by atoms with Gasteiger partial charge in [-0.25, -0.2) is 4.98 Å². The number of aromatic nitrogens is 4. The van der Waals surface area contributed by atoms with Gasteiger partial charge in [0.2, 0.25) is 0 Å². The Morgan fingerprint density at radius 3 is 2.57 bits per heavy atom. The first-order valence-corrected chi connectivity index (χ1v) is 13.1. The van der Waals surface area contributed by atoms with E-state index in [0.29, 0.717) is 23.5 Å². The Bertz CT molecular complexity index is 1360. The fraction of sp³-hybridized carbons (Fsp3) is 0.393. The second-order valence-electron chi connectivity index (χ2n) is 10.1. The summed E-state index contributed by atoms with van der Waals surface area (Å²) >= 11 is 0. The molecule has 0 spiro atoms. The van der Waals surface area contributed by atoms with Gasteiger partial charge in [0, 0.05) is 42.6 Å². The summed E-state index contributed by atoms with van der Waals surface area (Å²) in [6.45, 7) is 3.70. The molecule has 2 aliphatic rings. The maximum Gasteiger partial charge on any atom is 0.256 e. The highest BCUT2D eigenvalue weighted by molar-refractivity contribution is 6.04. The third-order valence-corrected chi connectivity index (χ3v) is 7.45. The number of H-pyrrole nitrogens is 1. The number of amides is 1. The molecular weight excluding hydrogens is 466 g/mol. The SMILES string of the molecule is CN1CCC(Nc2ccc(C(=O)Nc3cc(-c4nc5ccccc5n4C4CCOCC4)[nH]n3)cc2)CC1. The van der Waals surface area contributed by atoms with Crippen molar-refractivity contribution in [2.75, 3.05) is 44.0 Å². The van der Waals surface area contributed by atoms with E-state index in [1.54, 1.807) is 0 Å². The summed E-state index contributed by atoms with van der Waals surface area (Å²) in [6.07, 6.45) is 4.13. The number of rotatable bonds is 6. The van der Waals surface area contributed by atoms with E-state index in [9.17, 15) is 4.79 Å². The van der Waals surface area contributed by atoms with Crippen LogP contribution in [0.25, 0.3) is 22.6 Å². The highest BCUT2D eigenvalue weighted by atomic mass is 16.5. The van der Waals surface area contributed by atoms with Crippen LogP contribution in [-0.2, 0) is 4.74 Å². The Kier molecular flexibility index (Phi) is 6.63. The summed E-state index contributed by atoms with van der Waals surface area (Å²) in [5.74, 6) is 1.10. The summed E-state index contributed by atoms with van der Waals surface area (Å²) in [7, 11) is 2.16. The number of carbonyl (C=O) groups excluding carboxylic acids is 1. The van der Waals surface area contributed by atoms with Gasteiger partial charge >= 0.3 is 0 Å². The van der Waals surface area contributed by atoms with Crippen molar-refractivity contribution in [3.63, 3.8) is 0 Å². The number of para-hydroxylation sites is 2. The normalized spacial score (nSPS) is 17.8. The number of piperidine rings is 1. The molecular formula is C28H33N7O2. The number of nitrogens with zero attached hydrogens (tertiary/aromatic N) is 4. The molecule has 0 unspecified atom stereocenters. The number of carbonyl (C=O) groups is 1. The monoisotopic (exact) mass is 499 g/mol. The van der Waals surface area contributed by atoms with Gasteiger partial charge in [-0.2, -0.15) is 5.10 Å². The van der Waals surface area contributed by atoms with Crippen molar-refractivity contribution < 1.29 is 9.53 Å². The summed E-state index contributed by atoms with van der Waals surface area (Å²) in [4.78, 5) is 20.2. The van der Waals surface area contributed by atoms with Gasteiger partial charge < -0.3 is 24.8 Å². The largest absolute Gasteiger partial charge is 0.382 e. The first kappa shape index (κ1) is 23.7. The topological polar surface area (TPSA) is 100 Å². The minimum Gasteiger partial charge on any atom is -0.382 e. The molecule has 0 aliphatic carbocycles. The standard InChI is InChI=1S/C28H33N7O2/c1-34-14-10-21(11-15-34)29-20-8-6-19(7-9-20)28(36)31-26-18-24(32-33-26)27-30-23-4-2-3-5-25(23)35(27)22-12-16-37-17-13-22/h2-9,18,21-22,29H,10-17H2,1H3,(H2,31,32,33,36). The maximum atomic E-state index is 12.9. The molecule has 3 N–H and O–H groups in total. The van der Waals surface area contributed by atoms with Gasteiger partial charge in [0.1, 0.15) is 5.69 Å². The van der Waals surface area contributed by atoms with Gasteiger partial charge in [-0.1, -0.05) is 12.1 Å². The van der Waals surface area contributed by atoms with Crippen molar-refractivity contribution in [1.29, 1.82) is 0 Å². The van der Waals surface area contributed by atoms with Crippen LogP contribution in [0.2, 0.25) is 0 Å². The molecule has 2 fully saturated rings. The molecule has 2 aromatic carbocycles. The van der Waals surface area contributed by atoms with Crippen LogP contribution in [0.3, 0.4) is 0 Å². The zero-order valence-electron chi connectivity index (χ0n) is 21.1. The summed E-state index contributed by atoms with van der Waals surface area (Å²) in [5, 5.41) is 14.0. The molecule has 0 atom stereocenters. The number of ether oxygens (including phenoxy) is 1. The van der Waals surface area contributed by atoms with Crippen molar-refractivity contribution in [2.45, 2.75) is 37.8 Å². The summed E-state index contributed by atoms with van der Waals surface area (Å²) in [5.41, 5.74) is 4.44. The number of likely N-dealkylation sites (tertiary alicyclic amines) is 1. The molecule has 2 aliphatic heterocycles. The maximum absolute atomic E-state index is 12.9. The fourth-order valence-electron chi connectivity index (χ4n) is 5.34. The van der Waals surface area contributed by atoms with Gasteiger partial charge in [-0.15, -0.1) is 0 Å². The van der Waals surface area contributed by atoms with E-state index < -0.39 is 0 Å². The Morgan fingerprint density at radius 2 is 1.78 bits per heavy atom. The van der Waals surface area contributed by atoms with E-state index in [1.807, 2.05) is 48.5 Å². The zero-order chi connectivity index (χ0) is 25.2. The van der Waals surface area contributed by atoms with E-state index >= 15 is 0 Å². The zero-order valence-corrected chi connectivity index (χ0v) is 21.1. The molecule has 4 aromatic rings. The lowest BCUT2D eigenvalue weighted by Gasteiger charge is -2.30. The lowest BCUT2D eigenvalue weighted by Crippen LogP contribution is -2.36. The molecule has 9 heteroatoms. The first-order chi connectivity index (χ1) is 18.1. The van der Waals surface area contributed by atoms with Gasteiger partial charge in [-0.05, 0) is 82.2 Å². The van der Waals surface area contributed by atoms with Gasteiger partial charge in [0.15, 0.2) is 11.6 Å². The highest BCUT2D eigenvalue weighted by Crippen LogP contribution is 2.32. The number of imidazole rings is 1. The Labute approximate surface area is 216 Å². The van der Waals surface area contributed by atoms with Crippen LogP contribution >= 0.6 is 0 Å². The third-order valence-electron chi connectivity index (χ3n) is 7.45. The average molecular weight is 500 g/mol.